The molecular weight excluding hydrogens is 260 g/mol. The van der Waals surface area contributed by atoms with E-state index in [9.17, 15) is 9.90 Å². The predicted molar refractivity (Wildman–Crippen MR) is 69.0 cm³/mol. The molecular formula is C13H16N4O3. The topological polar surface area (TPSA) is 93.2 Å². The van der Waals surface area contributed by atoms with Crippen LogP contribution < -0.4 is 5.32 Å². The Morgan fingerprint density at radius 1 is 1.55 bits per heavy atom. The van der Waals surface area contributed by atoms with E-state index in [4.69, 9.17) is 4.42 Å². The van der Waals surface area contributed by atoms with E-state index in [2.05, 4.69) is 15.3 Å². The van der Waals surface area contributed by atoms with Crippen LogP contribution in [0.25, 0.3) is 0 Å². The SMILES string of the molecule is Cc1nc(C(=O)N[C@@H]2CC[C@@H](n3ccnc3)[C@@H]2O)co1. The van der Waals surface area contributed by atoms with Crippen molar-refractivity contribution >= 4 is 5.91 Å². The molecule has 0 radical (unpaired) electrons. The molecule has 1 saturated carbocycles. The molecule has 0 unspecified atom stereocenters. The summed E-state index contributed by atoms with van der Waals surface area (Å²) in [6.45, 7) is 1.68. The van der Waals surface area contributed by atoms with Gasteiger partial charge in [0.15, 0.2) is 11.6 Å². The van der Waals surface area contributed by atoms with E-state index in [1.807, 2.05) is 10.8 Å². The number of rotatable bonds is 3. The van der Waals surface area contributed by atoms with Crippen LogP contribution in [0.15, 0.2) is 29.4 Å². The standard InChI is InChI=1S/C13H16N4O3/c1-8-15-10(6-20-8)13(19)16-9-2-3-11(12(9)18)17-5-4-14-7-17/h4-7,9,11-12,18H,2-3H2,1H3,(H,16,19)/t9-,11-,12-/m1/s1. The van der Waals surface area contributed by atoms with Crippen LogP contribution in [0.1, 0.15) is 35.3 Å². The molecule has 2 aromatic rings. The largest absolute Gasteiger partial charge is 0.448 e. The Bertz CT molecular complexity index is 593. The van der Waals surface area contributed by atoms with Crippen LogP contribution in [0.5, 0.6) is 0 Å². The van der Waals surface area contributed by atoms with Crippen molar-refractivity contribution in [1.29, 1.82) is 0 Å². The third-order valence-electron chi connectivity index (χ3n) is 3.66. The fourth-order valence-electron chi connectivity index (χ4n) is 2.62. The molecule has 7 nitrogen and oxygen atoms in total. The second kappa shape index (κ2) is 5.09. The van der Waals surface area contributed by atoms with E-state index < -0.39 is 6.10 Å². The van der Waals surface area contributed by atoms with E-state index >= 15 is 0 Å². The molecule has 1 aliphatic carbocycles. The van der Waals surface area contributed by atoms with Crippen molar-refractivity contribution in [2.75, 3.05) is 0 Å². The van der Waals surface area contributed by atoms with Crippen LogP contribution in [-0.2, 0) is 0 Å². The van der Waals surface area contributed by atoms with Crippen molar-refractivity contribution in [3.8, 4) is 0 Å². The number of aromatic nitrogens is 3. The average molecular weight is 276 g/mol. The van der Waals surface area contributed by atoms with Gasteiger partial charge in [-0.3, -0.25) is 4.79 Å². The zero-order valence-corrected chi connectivity index (χ0v) is 11.1. The summed E-state index contributed by atoms with van der Waals surface area (Å²) in [4.78, 5) is 19.9. The highest BCUT2D eigenvalue weighted by atomic mass is 16.3. The highest BCUT2D eigenvalue weighted by Crippen LogP contribution is 2.30. The highest BCUT2D eigenvalue weighted by Gasteiger charge is 2.36. The van der Waals surface area contributed by atoms with Crippen LogP contribution >= 0.6 is 0 Å². The summed E-state index contributed by atoms with van der Waals surface area (Å²) in [6.07, 6.45) is 7.36. The monoisotopic (exact) mass is 276 g/mol. The van der Waals surface area contributed by atoms with Gasteiger partial charge in [-0.05, 0) is 12.8 Å². The molecule has 2 heterocycles. The van der Waals surface area contributed by atoms with Gasteiger partial charge >= 0.3 is 0 Å². The zero-order valence-electron chi connectivity index (χ0n) is 11.1. The number of imidazole rings is 1. The van der Waals surface area contributed by atoms with Crippen LogP contribution in [0, 0.1) is 6.92 Å². The number of carbonyl (C=O) groups excluding carboxylic acids is 1. The number of hydrogen-bond donors (Lipinski definition) is 2. The second-order valence-corrected chi connectivity index (χ2v) is 4.98. The first-order chi connectivity index (χ1) is 9.65. The molecule has 0 saturated heterocycles. The Hall–Kier alpha value is -2.15. The van der Waals surface area contributed by atoms with Gasteiger partial charge in [-0.15, -0.1) is 0 Å². The number of nitrogens with one attached hydrogen (secondary N) is 1. The van der Waals surface area contributed by atoms with E-state index in [0.29, 0.717) is 12.3 Å². The van der Waals surface area contributed by atoms with Gasteiger partial charge in [0.25, 0.3) is 5.91 Å². The van der Waals surface area contributed by atoms with Gasteiger partial charge in [-0.1, -0.05) is 0 Å². The third-order valence-corrected chi connectivity index (χ3v) is 3.66. The number of carbonyl (C=O) groups is 1. The van der Waals surface area contributed by atoms with Crippen LogP contribution in [0.2, 0.25) is 0 Å². The van der Waals surface area contributed by atoms with Gasteiger partial charge in [0.2, 0.25) is 0 Å². The summed E-state index contributed by atoms with van der Waals surface area (Å²) in [7, 11) is 0. The maximum Gasteiger partial charge on any atom is 0.273 e. The molecule has 3 rings (SSSR count). The number of nitrogens with zero attached hydrogens (tertiary/aromatic N) is 3. The van der Waals surface area contributed by atoms with E-state index in [1.54, 1.807) is 19.4 Å². The molecule has 20 heavy (non-hydrogen) atoms. The average Bonchev–Trinajstić information content (AvgIpc) is 3.12. The summed E-state index contributed by atoms with van der Waals surface area (Å²) >= 11 is 0. The van der Waals surface area contributed by atoms with E-state index in [0.717, 1.165) is 6.42 Å². The lowest BCUT2D eigenvalue weighted by Gasteiger charge is -2.21. The molecule has 106 valence electrons. The van der Waals surface area contributed by atoms with E-state index in [-0.39, 0.29) is 23.7 Å². The number of hydrogen-bond acceptors (Lipinski definition) is 5. The first kappa shape index (κ1) is 12.9. The molecule has 0 spiro atoms. The molecule has 0 aromatic carbocycles. The van der Waals surface area contributed by atoms with Gasteiger partial charge in [0.05, 0.1) is 24.5 Å². The molecule has 1 fully saturated rings. The molecule has 2 aromatic heterocycles. The fraction of sp³-hybridized carbons (Fsp3) is 0.462. The van der Waals surface area contributed by atoms with Crippen molar-refractivity contribution in [2.24, 2.45) is 0 Å². The summed E-state index contributed by atoms with van der Waals surface area (Å²) in [5.74, 6) is 0.121. The number of oxazole rings is 1. The minimum atomic E-state index is -0.638. The summed E-state index contributed by atoms with van der Waals surface area (Å²) in [6, 6.07) is -0.339. The smallest absolute Gasteiger partial charge is 0.273 e. The normalized spacial score (nSPS) is 25.8. The highest BCUT2D eigenvalue weighted by molar-refractivity contribution is 5.92. The van der Waals surface area contributed by atoms with Gasteiger partial charge in [0.1, 0.15) is 6.26 Å². The van der Waals surface area contributed by atoms with Crippen molar-refractivity contribution in [3.63, 3.8) is 0 Å². The quantitative estimate of drug-likeness (QED) is 0.859. The fourth-order valence-corrected chi connectivity index (χ4v) is 2.62. The molecule has 1 aliphatic rings. The Balaban J connectivity index is 1.66. The minimum absolute atomic E-state index is 0.0538. The lowest BCUT2D eigenvalue weighted by Crippen LogP contribution is -2.42. The summed E-state index contributed by atoms with van der Waals surface area (Å²) in [5, 5.41) is 13.1. The number of amides is 1. The number of aryl methyl sites for hydroxylation is 1. The minimum Gasteiger partial charge on any atom is -0.448 e. The van der Waals surface area contributed by atoms with E-state index in [1.165, 1.54) is 6.26 Å². The predicted octanol–water partition coefficient (Wildman–Crippen LogP) is 0.674. The summed E-state index contributed by atoms with van der Waals surface area (Å²) < 4.78 is 6.88. The maximum atomic E-state index is 12.0. The molecule has 7 heteroatoms. The van der Waals surface area contributed by atoms with Crippen molar-refractivity contribution < 1.29 is 14.3 Å². The Labute approximate surface area is 115 Å². The van der Waals surface area contributed by atoms with Gasteiger partial charge in [-0.25, -0.2) is 9.97 Å². The van der Waals surface area contributed by atoms with Crippen molar-refractivity contribution in [3.05, 3.63) is 36.6 Å². The van der Waals surface area contributed by atoms with Crippen LogP contribution in [0.4, 0.5) is 0 Å². The Morgan fingerprint density at radius 2 is 2.40 bits per heavy atom. The van der Waals surface area contributed by atoms with Gasteiger partial charge < -0.3 is 19.4 Å². The lowest BCUT2D eigenvalue weighted by atomic mass is 10.1. The van der Waals surface area contributed by atoms with Gasteiger partial charge in [-0.2, -0.15) is 0 Å². The molecule has 3 atom stereocenters. The molecule has 0 aliphatic heterocycles. The van der Waals surface area contributed by atoms with Crippen LogP contribution in [0.3, 0.4) is 0 Å². The van der Waals surface area contributed by atoms with Crippen molar-refractivity contribution in [1.82, 2.24) is 19.9 Å². The molecule has 0 bridgehead atoms. The Kier molecular flexibility index (Phi) is 3.27. The number of aliphatic hydroxyl groups excluding tert-OH is 1. The Morgan fingerprint density at radius 3 is 3.05 bits per heavy atom. The summed E-state index contributed by atoms with van der Waals surface area (Å²) in [5.41, 5.74) is 0.237. The zero-order chi connectivity index (χ0) is 14.1. The van der Waals surface area contributed by atoms with Gasteiger partial charge in [0, 0.05) is 19.3 Å². The first-order valence-corrected chi connectivity index (χ1v) is 6.53. The molecule has 1 amide bonds. The maximum absolute atomic E-state index is 12.0. The number of aliphatic hydroxyl groups is 1. The lowest BCUT2D eigenvalue weighted by molar-refractivity contribution is 0.0809. The van der Waals surface area contributed by atoms with Crippen LogP contribution in [-0.4, -0.2) is 37.7 Å². The third kappa shape index (κ3) is 2.32. The first-order valence-electron chi connectivity index (χ1n) is 6.53. The van der Waals surface area contributed by atoms with Crippen molar-refractivity contribution in [2.45, 2.75) is 38.0 Å². The second-order valence-electron chi connectivity index (χ2n) is 4.98. The molecule has 2 N–H and O–H groups in total.